The lowest BCUT2D eigenvalue weighted by molar-refractivity contribution is -0.122. The average Bonchev–Trinajstić information content (AvgIpc) is 2.64. The van der Waals surface area contributed by atoms with E-state index in [1.165, 1.54) is 6.92 Å². The van der Waals surface area contributed by atoms with Gasteiger partial charge in [-0.2, -0.15) is 0 Å². The molecule has 1 aliphatic rings. The zero-order valence-electron chi connectivity index (χ0n) is 16.1. The van der Waals surface area contributed by atoms with Crippen LogP contribution in [0.15, 0.2) is 48.5 Å². The van der Waals surface area contributed by atoms with Gasteiger partial charge in [-0.25, -0.2) is 4.79 Å². The van der Waals surface area contributed by atoms with E-state index in [0.717, 1.165) is 11.4 Å². The molecule has 1 aliphatic heterocycles. The van der Waals surface area contributed by atoms with Gasteiger partial charge in [0.25, 0.3) is 5.91 Å². The van der Waals surface area contributed by atoms with Crippen LogP contribution in [0, 0.1) is 0 Å². The highest BCUT2D eigenvalue weighted by Crippen LogP contribution is 2.34. The molecule has 1 heterocycles. The zero-order chi connectivity index (χ0) is 20.3. The Kier molecular flexibility index (Phi) is 5.35. The van der Waals surface area contributed by atoms with E-state index in [1.54, 1.807) is 29.2 Å². The number of carbonyl (C=O) groups excluding carboxylic acids is 3. The van der Waals surface area contributed by atoms with Gasteiger partial charge in [0.2, 0.25) is 5.91 Å². The Morgan fingerprint density at radius 3 is 2.64 bits per heavy atom. The standard InChI is InChI=1S/C21H23N3O4/c1-14(25)22-16-8-6-7-15(13-16)19(26)28-12-11-24-18-10-5-4-9-17(18)23-21(2,3)20(24)27/h4-10,13,23H,11-12H2,1-3H3,(H,22,25). The first-order chi connectivity index (χ1) is 13.3. The van der Waals surface area contributed by atoms with Crippen molar-refractivity contribution >= 4 is 34.8 Å². The number of para-hydroxylation sites is 2. The summed E-state index contributed by atoms with van der Waals surface area (Å²) in [4.78, 5) is 37.9. The minimum atomic E-state index is -0.745. The highest BCUT2D eigenvalue weighted by Gasteiger charge is 2.38. The van der Waals surface area contributed by atoms with Gasteiger partial charge in [-0.3, -0.25) is 9.59 Å². The van der Waals surface area contributed by atoms with Gasteiger partial charge in [0.1, 0.15) is 12.1 Å². The molecular formula is C21H23N3O4. The van der Waals surface area contributed by atoms with E-state index in [0.29, 0.717) is 11.3 Å². The number of carbonyl (C=O) groups is 3. The highest BCUT2D eigenvalue weighted by molar-refractivity contribution is 6.07. The van der Waals surface area contributed by atoms with Gasteiger partial charge in [-0.15, -0.1) is 0 Å². The number of hydrogen-bond donors (Lipinski definition) is 2. The molecule has 2 N–H and O–H groups in total. The van der Waals surface area contributed by atoms with Crippen LogP contribution in [0.5, 0.6) is 0 Å². The summed E-state index contributed by atoms with van der Waals surface area (Å²) < 4.78 is 5.36. The second-order valence-corrected chi connectivity index (χ2v) is 7.12. The van der Waals surface area contributed by atoms with Gasteiger partial charge in [-0.1, -0.05) is 18.2 Å². The normalized spacial score (nSPS) is 14.7. The molecule has 0 saturated carbocycles. The number of amides is 2. The molecule has 2 aromatic rings. The molecule has 0 unspecified atom stereocenters. The Morgan fingerprint density at radius 1 is 1.14 bits per heavy atom. The summed E-state index contributed by atoms with van der Waals surface area (Å²) in [7, 11) is 0. The lowest BCUT2D eigenvalue weighted by Crippen LogP contribution is -2.54. The van der Waals surface area contributed by atoms with Crippen LogP contribution in [0.3, 0.4) is 0 Å². The number of fused-ring (bicyclic) bond motifs is 1. The maximum Gasteiger partial charge on any atom is 0.338 e. The lowest BCUT2D eigenvalue weighted by atomic mass is 9.98. The van der Waals surface area contributed by atoms with E-state index in [4.69, 9.17) is 4.74 Å². The molecule has 0 atom stereocenters. The van der Waals surface area contributed by atoms with Gasteiger partial charge < -0.3 is 20.3 Å². The summed E-state index contributed by atoms with van der Waals surface area (Å²) in [5.41, 5.74) is 1.73. The van der Waals surface area contributed by atoms with Crippen molar-refractivity contribution in [1.82, 2.24) is 0 Å². The van der Waals surface area contributed by atoms with Crippen molar-refractivity contribution in [1.29, 1.82) is 0 Å². The number of anilines is 3. The number of hydrogen-bond acceptors (Lipinski definition) is 5. The summed E-state index contributed by atoms with van der Waals surface area (Å²) in [6.07, 6.45) is 0. The summed E-state index contributed by atoms with van der Waals surface area (Å²) in [6.45, 7) is 5.34. The third-order valence-corrected chi connectivity index (χ3v) is 4.39. The molecule has 0 spiro atoms. The van der Waals surface area contributed by atoms with Crippen molar-refractivity contribution < 1.29 is 19.1 Å². The van der Waals surface area contributed by atoms with E-state index in [2.05, 4.69) is 10.6 Å². The van der Waals surface area contributed by atoms with Crippen molar-refractivity contribution in [2.75, 3.05) is 28.7 Å². The minimum Gasteiger partial charge on any atom is -0.460 e. The lowest BCUT2D eigenvalue weighted by Gasteiger charge is -2.39. The molecule has 0 bridgehead atoms. The number of ether oxygens (including phenoxy) is 1. The third-order valence-electron chi connectivity index (χ3n) is 4.39. The van der Waals surface area contributed by atoms with Crippen LogP contribution in [0.2, 0.25) is 0 Å². The number of nitrogens with one attached hydrogen (secondary N) is 2. The smallest absolute Gasteiger partial charge is 0.338 e. The predicted octanol–water partition coefficient (Wildman–Crippen LogP) is 3.04. The van der Waals surface area contributed by atoms with Crippen LogP contribution in [-0.2, 0) is 14.3 Å². The number of benzene rings is 2. The first-order valence-electron chi connectivity index (χ1n) is 9.02. The van der Waals surface area contributed by atoms with Crippen LogP contribution in [0.4, 0.5) is 17.1 Å². The predicted molar refractivity (Wildman–Crippen MR) is 108 cm³/mol. The molecule has 0 saturated heterocycles. The fourth-order valence-corrected chi connectivity index (χ4v) is 3.11. The monoisotopic (exact) mass is 381 g/mol. The first kappa shape index (κ1) is 19.4. The molecule has 146 valence electrons. The van der Waals surface area contributed by atoms with E-state index in [9.17, 15) is 14.4 Å². The average molecular weight is 381 g/mol. The number of nitrogens with zero attached hydrogens (tertiary/aromatic N) is 1. The van der Waals surface area contributed by atoms with Crippen LogP contribution in [0.1, 0.15) is 31.1 Å². The molecule has 0 aliphatic carbocycles. The van der Waals surface area contributed by atoms with Crippen molar-refractivity contribution in [2.45, 2.75) is 26.3 Å². The first-order valence-corrected chi connectivity index (χ1v) is 9.02. The largest absolute Gasteiger partial charge is 0.460 e. The maximum absolute atomic E-state index is 12.8. The van der Waals surface area contributed by atoms with Gasteiger partial charge in [0.15, 0.2) is 0 Å². The van der Waals surface area contributed by atoms with E-state index in [-0.39, 0.29) is 25.0 Å². The molecule has 0 aromatic heterocycles. The Balaban J connectivity index is 1.67. The molecular weight excluding hydrogens is 358 g/mol. The summed E-state index contributed by atoms with van der Waals surface area (Å²) in [6, 6.07) is 14.1. The van der Waals surface area contributed by atoms with Crippen LogP contribution < -0.4 is 15.5 Å². The van der Waals surface area contributed by atoms with Crippen molar-refractivity contribution in [3.05, 3.63) is 54.1 Å². The molecule has 28 heavy (non-hydrogen) atoms. The topological polar surface area (TPSA) is 87.7 Å². The Bertz CT molecular complexity index is 923. The Hall–Kier alpha value is -3.35. The molecule has 2 aromatic carbocycles. The van der Waals surface area contributed by atoms with Gasteiger partial charge in [0.05, 0.1) is 23.5 Å². The summed E-state index contributed by atoms with van der Waals surface area (Å²) in [5.74, 6) is -0.818. The van der Waals surface area contributed by atoms with Gasteiger partial charge in [0, 0.05) is 12.6 Å². The number of rotatable bonds is 5. The van der Waals surface area contributed by atoms with Crippen molar-refractivity contribution in [3.8, 4) is 0 Å². The van der Waals surface area contributed by atoms with Crippen molar-refractivity contribution in [3.63, 3.8) is 0 Å². The van der Waals surface area contributed by atoms with Crippen LogP contribution >= 0.6 is 0 Å². The fourth-order valence-electron chi connectivity index (χ4n) is 3.11. The highest BCUT2D eigenvalue weighted by atomic mass is 16.5. The zero-order valence-corrected chi connectivity index (χ0v) is 16.1. The van der Waals surface area contributed by atoms with Gasteiger partial charge >= 0.3 is 5.97 Å². The fraction of sp³-hybridized carbons (Fsp3) is 0.286. The van der Waals surface area contributed by atoms with E-state index < -0.39 is 11.5 Å². The van der Waals surface area contributed by atoms with Gasteiger partial charge in [-0.05, 0) is 44.2 Å². The van der Waals surface area contributed by atoms with Crippen molar-refractivity contribution in [2.24, 2.45) is 0 Å². The Morgan fingerprint density at radius 2 is 1.89 bits per heavy atom. The molecule has 0 fully saturated rings. The second kappa shape index (κ2) is 7.72. The number of esters is 1. The molecule has 2 amide bonds. The minimum absolute atomic E-state index is 0.0549. The van der Waals surface area contributed by atoms with E-state index in [1.807, 2.05) is 38.1 Å². The quantitative estimate of drug-likeness (QED) is 0.778. The maximum atomic E-state index is 12.8. The summed E-state index contributed by atoms with van der Waals surface area (Å²) >= 11 is 0. The molecule has 0 radical (unpaired) electrons. The molecule has 7 nitrogen and oxygen atoms in total. The second-order valence-electron chi connectivity index (χ2n) is 7.12. The van der Waals surface area contributed by atoms with Crippen LogP contribution in [0.25, 0.3) is 0 Å². The Labute approximate surface area is 163 Å². The SMILES string of the molecule is CC(=O)Nc1cccc(C(=O)OCCN2C(=O)C(C)(C)Nc3ccccc32)c1. The molecule has 3 rings (SSSR count). The third kappa shape index (κ3) is 4.14. The summed E-state index contributed by atoms with van der Waals surface area (Å²) in [5, 5.41) is 5.86. The van der Waals surface area contributed by atoms with Crippen LogP contribution in [-0.4, -0.2) is 36.5 Å². The molecule has 7 heteroatoms. The van der Waals surface area contributed by atoms with E-state index >= 15 is 0 Å².